The Labute approximate surface area is 102 Å². The summed E-state index contributed by atoms with van der Waals surface area (Å²) in [6.07, 6.45) is 6.20. The Bertz CT molecular complexity index is 396. The van der Waals surface area contributed by atoms with Crippen molar-refractivity contribution < 1.29 is 4.79 Å². The number of ketones is 1. The molecule has 89 valence electrons. The van der Waals surface area contributed by atoms with E-state index in [1.165, 1.54) is 32.4 Å². The quantitative estimate of drug-likeness (QED) is 0.588. The summed E-state index contributed by atoms with van der Waals surface area (Å²) >= 11 is 0. The number of piperidine rings is 3. The number of hydrogen-bond donors (Lipinski definition) is 0. The first-order valence-electron chi connectivity index (χ1n) is 6.51. The highest BCUT2D eigenvalue weighted by molar-refractivity contribution is 5.94. The zero-order valence-corrected chi connectivity index (χ0v) is 10.0. The summed E-state index contributed by atoms with van der Waals surface area (Å²) in [5.74, 6) is 1.06. The average Bonchev–Trinajstić information content (AvgIpc) is 2.41. The number of fused-ring (bicyclic) bond motifs is 3. The van der Waals surface area contributed by atoms with Gasteiger partial charge in [0, 0.05) is 25.5 Å². The van der Waals surface area contributed by atoms with Gasteiger partial charge in [-0.3, -0.25) is 9.78 Å². The maximum absolute atomic E-state index is 12.1. The molecule has 3 aliphatic rings. The summed E-state index contributed by atoms with van der Waals surface area (Å²) < 4.78 is 0. The third-order valence-corrected chi connectivity index (χ3v) is 4.14. The molecule has 17 heavy (non-hydrogen) atoms. The predicted molar refractivity (Wildman–Crippen MR) is 66.2 cm³/mol. The Hall–Kier alpha value is -1.22. The van der Waals surface area contributed by atoms with Crippen LogP contribution in [0.2, 0.25) is 0 Å². The lowest BCUT2D eigenvalue weighted by molar-refractivity contribution is 0.0848. The largest absolute Gasteiger partial charge is 0.292 e. The molecule has 3 nitrogen and oxygen atoms in total. The fraction of sp³-hybridized carbons (Fsp3) is 0.571. The van der Waals surface area contributed by atoms with Gasteiger partial charge in [-0.15, -0.1) is 0 Å². The van der Waals surface area contributed by atoms with Gasteiger partial charge < -0.3 is 0 Å². The van der Waals surface area contributed by atoms with Crippen LogP contribution in [0.25, 0.3) is 0 Å². The molecule has 0 spiro atoms. The van der Waals surface area contributed by atoms with E-state index in [9.17, 15) is 4.79 Å². The minimum atomic E-state index is 0.197. The molecule has 0 aliphatic carbocycles. The van der Waals surface area contributed by atoms with E-state index in [0.29, 0.717) is 18.2 Å². The Morgan fingerprint density at radius 3 is 2.76 bits per heavy atom. The molecule has 2 bridgehead atoms. The second-order valence-corrected chi connectivity index (χ2v) is 5.21. The molecule has 1 aromatic heterocycles. The van der Waals surface area contributed by atoms with Crippen LogP contribution in [-0.4, -0.2) is 29.9 Å². The second kappa shape index (κ2) is 4.57. The number of carbonyl (C=O) groups is 1. The Balaban J connectivity index is 1.66. The van der Waals surface area contributed by atoms with Crippen molar-refractivity contribution in [1.29, 1.82) is 0 Å². The van der Waals surface area contributed by atoms with Gasteiger partial charge in [-0.25, -0.2) is 0 Å². The zero-order valence-electron chi connectivity index (χ0n) is 10.0. The first-order chi connectivity index (χ1) is 8.33. The molecule has 3 fully saturated rings. The minimum Gasteiger partial charge on any atom is -0.292 e. The van der Waals surface area contributed by atoms with Crippen LogP contribution in [0.15, 0.2) is 24.4 Å². The highest BCUT2D eigenvalue weighted by Crippen LogP contribution is 2.31. The summed E-state index contributed by atoms with van der Waals surface area (Å²) in [6, 6.07) is 6.02. The second-order valence-electron chi connectivity index (χ2n) is 5.21. The summed E-state index contributed by atoms with van der Waals surface area (Å²) in [6.45, 7) is 2.37. The number of pyridine rings is 1. The normalized spacial score (nSPS) is 31.4. The van der Waals surface area contributed by atoms with Gasteiger partial charge in [0.25, 0.3) is 0 Å². The molecule has 0 N–H and O–H groups in total. The summed E-state index contributed by atoms with van der Waals surface area (Å²) in [7, 11) is 0. The van der Waals surface area contributed by atoms with E-state index in [0.717, 1.165) is 5.92 Å². The standard InChI is InChI=1S/C14H18N2O/c17-14(13-3-1-2-6-15-13)10-12-9-11-4-7-16(12)8-5-11/h1-3,6,11-12H,4-5,7-10H2/q+1. The smallest absolute Gasteiger partial charge is 0.187 e. The minimum absolute atomic E-state index is 0.197. The molecule has 1 atom stereocenters. The lowest BCUT2D eigenvalue weighted by Crippen LogP contribution is -2.53. The number of aromatic nitrogens is 1. The Morgan fingerprint density at radius 2 is 2.18 bits per heavy atom. The number of hydrogen-bond acceptors (Lipinski definition) is 3. The highest BCUT2D eigenvalue weighted by Gasteiger charge is 2.42. The number of nitrogens with zero attached hydrogens (tertiary/aromatic N) is 2. The van der Waals surface area contributed by atoms with Gasteiger partial charge in [0.2, 0.25) is 0 Å². The monoisotopic (exact) mass is 230 g/mol. The van der Waals surface area contributed by atoms with E-state index in [2.05, 4.69) is 9.88 Å². The topological polar surface area (TPSA) is 35.9 Å². The predicted octanol–water partition coefficient (Wildman–Crippen LogP) is 1.98. The first kappa shape index (κ1) is 10.9. The molecule has 0 aromatic carbocycles. The highest BCUT2D eigenvalue weighted by atomic mass is 16.1. The van der Waals surface area contributed by atoms with Crippen molar-refractivity contribution in [3.8, 4) is 0 Å². The van der Waals surface area contributed by atoms with Crippen LogP contribution in [0.3, 0.4) is 0 Å². The van der Waals surface area contributed by atoms with Gasteiger partial charge >= 0.3 is 0 Å². The van der Waals surface area contributed by atoms with Crippen LogP contribution in [0.5, 0.6) is 0 Å². The van der Waals surface area contributed by atoms with Crippen LogP contribution < -0.4 is 4.90 Å². The molecule has 0 saturated carbocycles. The van der Waals surface area contributed by atoms with Crippen LogP contribution in [0.1, 0.15) is 36.2 Å². The van der Waals surface area contributed by atoms with E-state index in [1.54, 1.807) is 6.20 Å². The summed E-state index contributed by atoms with van der Waals surface area (Å²) in [5.41, 5.74) is 0.621. The SMILES string of the molecule is O=C(CC1CC2CC[N+]1CC2)c1ccccn1. The Morgan fingerprint density at radius 1 is 1.35 bits per heavy atom. The maximum atomic E-state index is 12.1. The van der Waals surface area contributed by atoms with Crippen molar-refractivity contribution >= 4 is 5.78 Å². The molecule has 3 aliphatic heterocycles. The fourth-order valence-electron chi connectivity index (χ4n) is 3.15. The van der Waals surface area contributed by atoms with Crippen molar-refractivity contribution in [3.05, 3.63) is 30.1 Å². The lowest BCUT2D eigenvalue weighted by atomic mass is 9.81. The van der Waals surface area contributed by atoms with Gasteiger partial charge in [0.1, 0.15) is 24.8 Å². The molecule has 1 aromatic rings. The fourth-order valence-corrected chi connectivity index (χ4v) is 3.15. The van der Waals surface area contributed by atoms with E-state index < -0.39 is 0 Å². The van der Waals surface area contributed by atoms with E-state index in [4.69, 9.17) is 0 Å². The first-order valence-corrected chi connectivity index (χ1v) is 6.51. The van der Waals surface area contributed by atoms with Crippen LogP contribution >= 0.6 is 0 Å². The number of rotatable bonds is 3. The summed E-state index contributed by atoms with van der Waals surface area (Å²) in [4.78, 5) is 18.7. The molecule has 1 unspecified atom stereocenters. The molecule has 4 heterocycles. The van der Waals surface area contributed by atoms with E-state index >= 15 is 0 Å². The third-order valence-electron chi connectivity index (χ3n) is 4.14. The van der Waals surface area contributed by atoms with E-state index in [-0.39, 0.29) is 5.78 Å². The molecule has 0 amide bonds. The molecule has 3 heteroatoms. The Kier molecular flexibility index (Phi) is 2.93. The van der Waals surface area contributed by atoms with Crippen molar-refractivity contribution in [2.75, 3.05) is 13.1 Å². The molecular weight excluding hydrogens is 212 g/mol. The lowest BCUT2D eigenvalue weighted by Gasteiger charge is -2.36. The zero-order chi connectivity index (χ0) is 11.7. The van der Waals surface area contributed by atoms with Crippen molar-refractivity contribution in [2.45, 2.75) is 31.7 Å². The van der Waals surface area contributed by atoms with Crippen LogP contribution in [0, 0.1) is 5.92 Å². The van der Waals surface area contributed by atoms with Crippen molar-refractivity contribution in [3.63, 3.8) is 0 Å². The van der Waals surface area contributed by atoms with Gasteiger partial charge in [-0.1, -0.05) is 6.07 Å². The van der Waals surface area contributed by atoms with Gasteiger partial charge in [-0.05, 0) is 18.1 Å². The van der Waals surface area contributed by atoms with Crippen LogP contribution in [0.4, 0.5) is 0 Å². The van der Waals surface area contributed by atoms with Crippen molar-refractivity contribution in [1.82, 2.24) is 9.88 Å². The molecule has 4 rings (SSSR count). The number of carbonyl (C=O) groups excluding carboxylic acids is 1. The van der Waals surface area contributed by atoms with Gasteiger partial charge in [-0.2, -0.15) is 4.90 Å². The average molecular weight is 230 g/mol. The van der Waals surface area contributed by atoms with Gasteiger partial charge in [0.05, 0.1) is 6.42 Å². The third kappa shape index (κ3) is 2.25. The van der Waals surface area contributed by atoms with E-state index in [1.807, 2.05) is 18.2 Å². The summed E-state index contributed by atoms with van der Waals surface area (Å²) in [5, 5.41) is 0. The maximum Gasteiger partial charge on any atom is 0.187 e. The number of Topliss-reactive ketones (excluding diaryl/α,β-unsaturated/α-hetero) is 1. The molecule has 1 radical (unpaired) electrons. The molecular formula is C14H18N2O+. The van der Waals surface area contributed by atoms with Crippen LogP contribution in [-0.2, 0) is 0 Å². The van der Waals surface area contributed by atoms with Gasteiger partial charge in [0.15, 0.2) is 5.78 Å². The van der Waals surface area contributed by atoms with Crippen molar-refractivity contribution in [2.24, 2.45) is 5.92 Å². The molecule has 3 saturated heterocycles.